The molecule has 0 aliphatic heterocycles. The fraction of sp³-hybridized carbons (Fsp3) is 0.333. The summed E-state index contributed by atoms with van der Waals surface area (Å²) in [7, 11) is 0. The van der Waals surface area contributed by atoms with Crippen LogP contribution >= 0.6 is 11.6 Å². The SMILES string of the molecule is C=CCNC(=O)CN(CC)CC(=O)Nc1cc(Cl)ccc1C.O=C(O)C(=O)O. The molecular formula is C18H24ClN3O6. The standard InChI is InChI=1S/C16H22ClN3O2.C2H2O4/c1-4-8-18-15(21)10-20(5-2)11-16(22)19-14-9-13(17)7-6-12(14)3;3-1(4)2(5)6/h4,6-7,9H,1,5,8,10-11H2,2-3H3,(H,18,21)(H,19,22);(H,3,4)(H,5,6). The summed E-state index contributed by atoms with van der Waals surface area (Å²) in [6.45, 7) is 8.67. The molecule has 2 amide bonds. The van der Waals surface area contributed by atoms with Crippen molar-refractivity contribution in [2.24, 2.45) is 0 Å². The quantitative estimate of drug-likeness (QED) is 0.373. The molecule has 0 bridgehead atoms. The van der Waals surface area contributed by atoms with E-state index < -0.39 is 11.9 Å². The maximum absolute atomic E-state index is 12.1. The van der Waals surface area contributed by atoms with E-state index in [1.165, 1.54) is 0 Å². The molecule has 0 fully saturated rings. The lowest BCUT2D eigenvalue weighted by molar-refractivity contribution is -0.159. The Kier molecular flexibility index (Phi) is 11.9. The molecule has 1 aromatic carbocycles. The van der Waals surface area contributed by atoms with Crippen LogP contribution in [0.1, 0.15) is 12.5 Å². The number of rotatable bonds is 8. The maximum atomic E-state index is 12.1. The Morgan fingerprint density at radius 2 is 1.71 bits per heavy atom. The van der Waals surface area contributed by atoms with Gasteiger partial charge in [-0.1, -0.05) is 30.7 Å². The summed E-state index contributed by atoms with van der Waals surface area (Å²) in [6.07, 6.45) is 1.61. The number of halogens is 1. The lowest BCUT2D eigenvalue weighted by atomic mass is 10.2. The second-order valence-corrected chi connectivity index (χ2v) is 5.95. The zero-order valence-corrected chi connectivity index (χ0v) is 16.5. The summed E-state index contributed by atoms with van der Waals surface area (Å²) in [5.41, 5.74) is 1.62. The topological polar surface area (TPSA) is 136 Å². The van der Waals surface area contributed by atoms with Crippen molar-refractivity contribution in [1.82, 2.24) is 10.2 Å². The Labute approximate surface area is 168 Å². The highest BCUT2D eigenvalue weighted by Gasteiger charge is 2.13. The number of carboxylic acid groups (broad SMARTS) is 2. The Hall–Kier alpha value is -2.91. The number of hydrogen-bond acceptors (Lipinski definition) is 5. The molecule has 0 unspecified atom stereocenters. The molecule has 0 aromatic heterocycles. The summed E-state index contributed by atoms with van der Waals surface area (Å²) in [6, 6.07) is 5.33. The lowest BCUT2D eigenvalue weighted by Gasteiger charge is -2.19. The van der Waals surface area contributed by atoms with Crippen LogP contribution in [0.4, 0.5) is 5.69 Å². The molecule has 0 aliphatic rings. The van der Waals surface area contributed by atoms with Gasteiger partial charge in [-0.3, -0.25) is 14.5 Å². The van der Waals surface area contributed by atoms with E-state index >= 15 is 0 Å². The molecule has 10 heteroatoms. The van der Waals surface area contributed by atoms with Crippen molar-refractivity contribution >= 4 is 41.0 Å². The molecule has 0 saturated carbocycles. The number of carbonyl (C=O) groups is 4. The number of aryl methyl sites for hydroxylation is 1. The summed E-state index contributed by atoms with van der Waals surface area (Å²) in [5.74, 6) is -3.96. The van der Waals surface area contributed by atoms with Crippen molar-refractivity contribution < 1.29 is 29.4 Å². The zero-order chi connectivity index (χ0) is 21.7. The molecule has 0 radical (unpaired) electrons. The predicted octanol–water partition coefficient (Wildman–Crippen LogP) is 1.37. The highest BCUT2D eigenvalue weighted by atomic mass is 35.5. The fourth-order valence-electron chi connectivity index (χ4n) is 1.85. The van der Waals surface area contributed by atoms with E-state index in [-0.39, 0.29) is 24.9 Å². The molecular weight excluding hydrogens is 390 g/mol. The molecule has 0 spiro atoms. The van der Waals surface area contributed by atoms with Gasteiger partial charge in [-0.15, -0.1) is 6.58 Å². The first-order valence-electron chi connectivity index (χ1n) is 8.22. The van der Waals surface area contributed by atoms with Crippen LogP contribution in [0.2, 0.25) is 5.02 Å². The summed E-state index contributed by atoms with van der Waals surface area (Å²) in [5, 5.41) is 20.9. The monoisotopic (exact) mass is 413 g/mol. The number of hydrogen-bond donors (Lipinski definition) is 4. The molecule has 0 aliphatic carbocycles. The molecule has 28 heavy (non-hydrogen) atoms. The largest absolute Gasteiger partial charge is 0.473 e. The number of carboxylic acids is 2. The van der Waals surface area contributed by atoms with Gasteiger partial charge in [-0.05, 0) is 31.2 Å². The van der Waals surface area contributed by atoms with Crippen LogP contribution in [0.15, 0.2) is 30.9 Å². The third-order valence-corrected chi connectivity index (χ3v) is 3.52. The minimum Gasteiger partial charge on any atom is -0.473 e. The number of likely N-dealkylation sites (N-methyl/N-ethyl adjacent to an activating group) is 1. The second kappa shape index (κ2) is 13.3. The van der Waals surface area contributed by atoms with Crippen LogP contribution in [0.3, 0.4) is 0 Å². The van der Waals surface area contributed by atoms with E-state index in [0.717, 1.165) is 5.56 Å². The minimum absolute atomic E-state index is 0.131. The molecule has 4 N–H and O–H groups in total. The zero-order valence-electron chi connectivity index (χ0n) is 15.7. The molecule has 1 rings (SSSR count). The van der Waals surface area contributed by atoms with Gasteiger partial charge in [0.05, 0.1) is 13.1 Å². The van der Waals surface area contributed by atoms with E-state index in [2.05, 4.69) is 17.2 Å². The number of carbonyl (C=O) groups excluding carboxylic acids is 2. The highest BCUT2D eigenvalue weighted by molar-refractivity contribution is 6.31. The van der Waals surface area contributed by atoms with Crippen LogP contribution < -0.4 is 10.6 Å². The Balaban J connectivity index is 0.00000105. The van der Waals surface area contributed by atoms with Gasteiger partial charge < -0.3 is 20.8 Å². The van der Waals surface area contributed by atoms with Crippen molar-refractivity contribution in [2.45, 2.75) is 13.8 Å². The Bertz CT molecular complexity index is 711. The number of nitrogens with one attached hydrogen (secondary N) is 2. The minimum atomic E-state index is -1.82. The Morgan fingerprint density at radius 3 is 2.21 bits per heavy atom. The van der Waals surface area contributed by atoms with Crippen molar-refractivity contribution in [3.63, 3.8) is 0 Å². The lowest BCUT2D eigenvalue weighted by Crippen LogP contribution is -2.41. The molecule has 9 nitrogen and oxygen atoms in total. The van der Waals surface area contributed by atoms with E-state index in [1.807, 2.05) is 19.9 Å². The molecule has 0 atom stereocenters. The van der Waals surface area contributed by atoms with E-state index in [9.17, 15) is 9.59 Å². The maximum Gasteiger partial charge on any atom is 0.414 e. The van der Waals surface area contributed by atoms with Crippen molar-refractivity contribution in [1.29, 1.82) is 0 Å². The van der Waals surface area contributed by atoms with E-state index in [0.29, 0.717) is 23.8 Å². The number of nitrogens with zero attached hydrogens (tertiary/aromatic N) is 1. The highest BCUT2D eigenvalue weighted by Crippen LogP contribution is 2.20. The Morgan fingerprint density at radius 1 is 1.14 bits per heavy atom. The molecule has 1 aromatic rings. The molecule has 154 valence electrons. The van der Waals surface area contributed by atoms with E-state index in [1.54, 1.807) is 23.1 Å². The molecule has 0 heterocycles. The average Bonchev–Trinajstić information content (AvgIpc) is 2.62. The summed E-state index contributed by atoms with van der Waals surface area (Å²) in [4.78, 5) is 43.7. The first-order valence-corrected chi connectivity index (χ1v) is 8.60. The van der Waals surface area contributed by atoms with E-state index in [4.69, 9.17) is 31.4 Å². The van der Waals surface area contributed by atoms with Crippen molar-refractivity contribution in [3.05, 3.63) is 41.4 Å². The molecule has 0 saturated heterocycles. The van der Waals surface area contributed by atoms with Crippen LogP contribution in [-0.4, -0.2) is 65.0 Å². The van der Waals surface area contributed by atoms with Gasteiger partial charge >= 0.3 is 11.9 Å². The van der Waals surface area contributed by atoms with Gasteiger partial charge in [0, 0.05) is 17.3 Å². The summed E-state index contributed by atoms with van der Waals surface area (Å²) < 4.78 is 0. The normalized spacial score (nSPS) is 9.71. The number of aliphatic carboxylic acids is 2. The van der Waals surface area contributed by atoms with Gasteiger partial charge in [-0.2, -0.15) is 0 Å². The fourth-order valence-corrected chi connectivity index (χ4v) is 2.02. The van der Waals surface area contributed by atoms with Crippen molar-refractivity contribution in [2.75, 3.05) is 31.5 Å². The van der Waals surface area contributed by atoms with Gasteiger partial charge in [0.15, 0.2) is 0 Å². The smallest absolute Gasteiger partial charge is 0.414 e. The summed E-state index contributed by atoms with van der Waals surface area (Å²) >= 11 is 5.93. The van der Waals surface area contributed by atoms with Crippen LogP contribution in [0, 0.1) is 6.92 Å². The van der Waals surface area contributed by atoms with Crippen LogP contribution in [-0.2, 0) is 19.2 Å². The third-order valence-electron chi connectivity index (χ3n) is 3.28. The number of amides is 2. The van der Waals surface area contributed by atoms with Crippen LogP contribution in [0.5, 0.6) is 0 Å². The van der Waals surface area contributed by atoms with Gasteiger partial charge in [0.1, 0.15) is 0 Å². The first-order chi connectivity index (χ1) is 13.1. The first kappa shape index (κ1) is 25.1. The predicted molar refractivity (Wildman–Crippen MR) is 105 cm³/mol. The second-order valence-electron chi connectivity index (χ2n) is 5.51. The van der Waals surface area contributed by atoms with Gasteiger partial charge in [0.2, 0.25) is 11.8 Å². The van der Waals surface area contributed by atoms with Gasteiger partial charge in [-0.25, -0.2) is 9.59 Å². The third kappa shape index (κ3) is 10.9. The number of anilines is 1. The average molecular weight is 414 g/mol. The number of benzene rings is 1. The van der Waals surface area contributed by atoms with Crippen LogP contribution in [0.25, 0.3) is 0 Å². The van der Waals surface area contributed by atoms with Gasteiger partial charge in [0.25, 0.3) is 0 Å². The van der Waals surface area contributed by atoms with Crippen molar-refractivity contribution in [3.8, 4) is 0 Å².